The van der Waals surface area contributed by atoms with Crippen LogP contribution in [0.1, 0.15) is 5.56 Å². The molecule has 0 saturated carbocycles. The van der Waals surface area contributed by atoms with E-state index < -0.39 is 16.6 Å². The van der Waals surface area contributed by atoms with Crippen LogP contribution in [0.15, 0.2) is 30.3 Å². The molecule has 2 rings (SSSR count). The summed E-state index contributed by atoms with van der Waals surface area (Å²) in [5, 5.41) is 13.2. The van der Waals surface area contributed by atoms with E-state index in [1.165, 1.54) is 18.2 Å². The first-order chi connectivity index (χ1) is 9.86. The van der Waals surface area contributed by atoms with E-state index >= 15 is 0 Å². The van der Waals surface area contributed by atoms with Gasteiger partial charge in [0.05, 0.1) is 21.0 Å². The molecule has 21 heavy (non-hydrogen) atoms. The van der Waals surface area contributed by atoms with Crippen LogP contribution in [-0.2, 0) is 6.54 Å². The van der Waals surface area contributed by atoms with Crippen LogP contribution in [0.2, 0.25) is 10.0 Å². The average Bonchev–Trinajstić information content (AvgIpc) is 2.41. The third-order valence-electron chi connectivity index (χ3n) is 2.63. The van der Waals surface area contributed by atoms with Crippen LogP contribution in [-0.4, -0.2) is 4.92 Å². The monoisotopic (exact) mass is 332 g/mol. The molecule has 110 valence electrons. The number of nitrogens with zero attached hydrogens (tertiary/aromatic N) is 1. The largest absolute Gasteiger partial charge is 0.381 e. The van der Waals surface area contributed by atoms with Gasteiger partial charge in [-0.05, 0) is 23.8 Å². The van der Waals surface area contributed by atoms with Crippen molar-refractivity contribution in [1.82, 2.24) is 0 Å². The lowest BCUT2D eigenvalue weighted by Crippen LogP contribution is -2.01. The molecule has 0 spiro atoms. The van der Waals surface area contributed by atoms with Gasteiger partial charge in [0.2, 0.25) is 0 Å². The Kier molecular flexibility index (Phi) is 4.59. The highest BCUT2D eigenvalue weighted by atomic mass is 35.5. The normalized spacial score (nSPS) is 10.5. The molecule has 0 fully saturated rings. The average molecular weight is 333 g/mol. The van der Waals surface area contributed by atoms with Crippen molar-refractivity contribution in [1.29, 1.82) is 0 Å². The van der Waals surface area contributed by atoms with E-state index in [0.29, 0.717) is 11.3 Å². The summed E-state index contributed by atoms with van der Waals surface area (Å²) in [6.07, 6.45) is 0. The third kappa shape index (κ3) is 3.80. The Labute approximate surface area is 128 Å². The van der Waals surface area contributed by atoms with Crippen molar-refractivity contribution in [3.05, 3.63) is 67.7 Å². The molecule has 0 aliphatic carbocycles. The molecule has 0 aliphatic rings. The molecule has 0 heterocycles. The van der Waals surface area contributed by atoms with Gasteiger partial charge in [-0.25, -0.2) is 8.78 Å². The smallest absolute Gasteiger partial charge is 0.272 e. The molecular formula is C13H8Cl2F2N2O2. The van der Waals surface area contributed by atoms with Gasteiger partial charge in [-0.15, -0.1) is 0 Å². The van der Waals surface area contributed by atoms with Crippen molar-refractivity contribution in [3.63, 3.8) is 0 Å². The summed E-state index contributed by atoms with van der Waals surface area (Å²) < 4.78 is 26.5. The third-order valence-corrected chi connectivity index (χ3v) is 3.18. The molecule has 0 aliphatic heterocycles. The van der Waals surface area contributed by atoms with Crippen LogP contribution >= 0.6 is 23.2 Å². The van der Waals surface area contributed by atoms with Crippen LogP contribution in [0.25, 0.3) is 0 Å². The van der Waals surface area contributed by atoms with Gasteiger partial charge in [-0.1, -0.05) is 23.2 Å². The highest BCUT2D eigenvalue weighted by Crippen LogP contribution is 2.27. The predicted molar refractivity (Wildman–Crippen MR) is 76.8 cm³/mol. The van der Waals surface area contributed by atoms with E-state index in [2.05, 4.69) is 5.32 Å². The zero-order valence-corrected chi connectivity index (χ0v) is 11.9. The van der Waals surface area contributed by atoms with E-state index in [9.17, 15) is 18.9 Å². The van der Waals surface area contributed by atoms with Gasteiger partial charge in [0.25, 0.3) is 5.69 Å². The summed E-state index contributed by atoms with van der Waals surface area (Å²) in [5.74, 6) is -1.44. The molecule has 2 aromatic rings. The molecule has 0 saturated heterocycles. The summed E-state index contributed by atoms with van der Waals surface area (Å²) in [5.41, 5.74) is 0.429. The Morgan fingerprint density at radius 1 is 1.10 bits per heavy atom. The summed E-state index contributed by atoms with van der Waals surface area (Å²) in [6, 6.07) is 5.86. The van der Waals surface area contributed by atoms with Crippen molar-refractivity contribution < 1.29 is 13.7 Å². The number of anilines is 1. The highest BCUT2D eigenvalue weighted by molar-refractivity contribution is 6.35. The number of nitro groups is 1. The van der Waals surface area contributed by atoms with Gasteiger partial charge < -0.3 is 5.32 Å². The Morgan fingerprint density at radius 2 is 1.71 bits per heavy atom. The lowest BCUT2D eigenvalue weighted by atomic mass is 10.2. The molecule has 1 N–H and O–H groups in total. The molecule has 0 radical (unpaired) electrons. The maximum Gasteiger partial charge on any atom is 0.272 e. The lowest BCUT2D eigenvalue weighted by molar-refractivity contribution is -0.385. The van der Waals surface area contributed by atoms with Gasteiger partial charge in [-0.2, -0.15) is 0 Å². The van der Waals surface area contributed by atoms with Gasteiger partial charge in [0.15, 0.2) is 5.82 Å². The van der Waals surface area contributed by atoms with Crippen molar-refractivity contribution in [2.45, 2.75) is 6.54 Å². The van der Waals surface area contributed by atoms with Crippen LogP contribution in [0.3, 0.4) is 0 Å². The molecular weight excluding hydrogens is 325 g/mol. The van der Waals surface area contributed by atoms with E-state index in [1.54, 1.807) is 0 Å². The molecule has 0 atom stereocenters. The van der Waals surface area contributed by atoms with E-state index in [0.717, 1.165) is 12.1 Å². The summed E-state index contributed by atoms with van der Waals surface area (Å²) >= 11 is 11.3. The number of halogens is 4. The quantitative estimate of drug-likeness (QED) is 0.497. The zero-order valence-electron chi connectivity index (χ0n) is 10.4. The van der Waals surface area contributed by atoms with Gasteiger partial charge in [0, 0.05) is 18.3 Å². The Morgan fingerprint density at radius 3 is 2.29 bits per heavy atom. The van der Waals surface area contributed by atoms with E-state index in [-0.39, 0.29) is 22.3 Å². The molecule has 0 unspecified atom stereocenters. The molecule has 4 nitrogen and oxygen atoms in total. The number of rotatable bonds is 4. The van der Waals surface area contributed by atoms with E-state index in [4.69, 9.17) is 23.2 Å². The van der Waals surface area contributed by atoms with Crippen molar-refractivity contribution in [2.24, 2.45) is 0 Å². The van der Waals surface area contributed by atoms with Gasteiger partial charge >= 0.3 is 0 Å². The van der Waals surface area contributed by atoms with Crippen molar-refractivity contribution >= 4 is 34.6 Å². The highest BCUT2D eigenvalue weighted by Gasteiger charge is 2.11. The summed E-state index contributed by atoms with van der Waals surface area (Å²) in [4.78, 5) is 9.97. The first-order valence-corrected chi connectivity index (χ1v) is 6.44. The number of nitrogens with one attached hydrogen (secondary N) is 1. The summed E-state index contributed by atoms with van der Waals surface area (Å²) in [7, 11) is 0. The van der Waals surface area contributed by atoms with Gasteiger partial charge in [0.1, 0.15) is 5.82 Å². The zero-order chi connectivity index (χ0) is 15.6. The van der Waals surface area contributed by atoms with E-state index in [1.807, 2.05) is 0 Å². The maximum atomic E-state index is 13.3. The fourth-order valence-corrected chi connectivity index (χ4v) is 2.19. The molecule has 0 amide bonds. The Hall–Kier alpha value is -1.92. The minimum atomic E-state index is -0.731. The minimum Gasteiger partial charge on any atom is -0.381 e. The second-order valence-corrected chi connectivity index (χ2v) is 5.00. The Bertz CT molecular complexity index is 688. The standard InChI is InChI=1S/C13H8Cl2F2N2O2/c14-11-4-9(5-12(15)13(11)17)18-6-7-1-8(16)3-10(2-7)19(20)21/h1-5,18H,6H2. The van der Waals surface area contributed by atoms with Crippen LogP contribution in [0.5, 0.6) is 0 Å². The minimum absolute atomic E-state index is 0.0941. The number of hydrogen-bond acceptors (Lipinski definition) is 3. The maximum absolute atomic E-state index is 13.3. The van der Waals surface area contributed by atoms with Crippen molar-refractivity contribution in [2.75, 3.05) is 5.32 Å². The lowest BCUT2D eigenvalue weighted by Gasteiger charge is -2.08. The van der Waals surface area contributed by atoms with Crippen LogP contribution in [0, 0.1) is 21.7 Å². The fourth-order valence-electron chi connectivity index (χ4n) is 1.70. The van der Waals surface area contributed by atoms with Crippen LogP contribution < -0.4 is 5.32 Å². The summed E-state index contributed by atoms with van der Waals surface area (Å²) in [6.45, 7) is 0.0941. The van der Waals surface area contributed by atoms with Gasteiger partial charge in [-0.3, -0.25) is 10.1 Å². The second-order valence-electron chi connectivity index (χ2n) is 4.18. The second kappa shape index (κ2) is 6.24. The van der Waals surface area contributed by atoms with Crippen molar-refractivity contribution in [3.8, 4) is 0 Å². The molecule has 2 aromatic carbocycles. The molecule has 0 aromatic heterocycles. The topological polar surface area (TPSA) is 55.2 Å². The first-order valence-electron chi connectivity index (χ1n) is 5.69. The number of nitro benzene ring substituents is 1. The molecule has 0 bridgehead atoms. The Balaban J connectivity index is 2.18. The number of non-ortho nitro benzene ring substituents is 1. The fraction of sp³-hybridized carbons (Fsp3) is 0.0769. The first kappa shape index (κ1) is 15.5. The SMILES string of the molecule is O=[N+]([O-])c1cc(F)cc(CNc2cc(Cl)c(F)c(Cl)c2)c1. The molecule has 8 heteroatoms. The number of hydrogen-bond donors (Lipinski definition) is 1. The predicted octanol–water partition coefficient (Wildman–Crippen LogP) is 4.79. The van der Waals surface area contributed by atoms with Crippen LogP contribution in [0.4, 0.5) is 20.2 Å². The number of benzene rings is 2.